The van der Waals surface area contributed by atoms with Crippen LogP contribution in [0.3, 0.4) is 0 Å². The Labute approximate surface area is 782 Å². The molecule has 7 aromatic rings. The Morgan fingerprint density at radius 2 is 0.403 bits per heavy atom. The molecule has 710 valence electrons. The molecule has 0 spiro atoms. The highest BCUT2D eigenvalue weighted by molar-refractivity contribution is 6.00. The number of aromatic carboxylic acids is 1. The van der Waals surface area contributed by atoms with Gasteiger partial charge in [0.25, 0.3) is 0 Å². The molecule has 2 aliphatic heterocycles. The van der Waals surface area contributed by atoms with Crippen LogP contribution in [-0.2, 0) is 0 Å². The highest BCUT2D eigenvalue weighted by Crippen LogP contribution is 2.44. The fraction of sp³-hybridized carbons (Fsp3) is 0.615. The molecule has 5 heterocycles. The van der Waals surface area contributed by atoms with Gasteiger partial charge in [0, 0.05) is 44.3 Å². The molecule has 0 radical (unpaired) electrons. The Morgan fingerprint density at radius 1 is 0.225 bits per heavy atom. The zero-order valence-corrected chi connectivity index (χ0v) is 82.0. The number of carboxylic acid groups (broad SMARTS) is 1. The maximum Gasteiger partial charge on any atom is 0.335 e. The molecule has 0 saturated carbocycles. The Hall–Kier alpha value is -8.25. The van der Waals surface area contributed by atoms with Gasteiger partial charge < -0.3 is 43.5 Å². The normalized spacial score (nSPS) is 11.8. The quantitative estimate of drug-likeness (QED) is 0.0314. The van der Waals surface area contributed by atoms with Gasteiger partial charge >= 0.3 is 5.97 Å². The van der Waals surface area contributed by atoms with Crippen LogP contribution in [-0.4, -0.2) is 70.7 Å². The summed E-state index contributed by atoms with van der Waals surface area (Å²) in [4.78, 5) is 32.4. The number of hydrogen-bond donors (Lipinski definition) is 3. The Morgan fingerprint density at radius 3 is 0.605 bits per heavy atom. The van der Waals surface area contributed by atoms with Crippen molar-refractivity contribution in [2.45, 2.75) is 427 Å². The van der Waals surface area contributed by atoms with Crippen LogP contribution in [0.25, 0.3) is 90.9 Å². The van der Waals surface area contributed by atoms with Gasteiger partial charge in [-0.1, -0.05) is 419 Å². The van der Waals surface area contributed by atoms with Crippen LogP contribution in [0, 0.1) is 0 Å². The van der Waals surface area contributed by atoms with Gasteiger partial charge in [-0.15, -0.1) is 0 Å². The molecular weight excluding hydrogens is 1590 g/mol. The smallest absolute Gasteiger partial charge is 0.335 e. The number of carboxylic acids is 1. The van der Waals surface area contributed by atoms with E-state index in [1.807, 2.05) is 12.1 Å². The number of benzene rings is 4. The molecule has 3 N–H and O–H groups in total. The lowest BCUT2D eigenvalue weighted by molar-refractivity contribution is 0.0696. The third kappa shape index (κ3) is 38.8. The molecule has 0 unspecified atom stereocenters. The van der Waals surface area contributed by atoms with Crippen LogP contribution in [0.4, 0.5) is 0 Å². The lowest BCUT2D eigenvalue weighted by Crippen LogP contribution is -2.03. The van der Waals surface area contributed by atoms with Crippen molar-refractivity contribution in [3.8, 4) is 79.0 Å². The van der Waals surface area contributed by atoms with Crippen LogP contribution in [0.15, 0.2) is 103 Å². The molecule has 129 heavy (non-hydrogen) atoms. The summed E-state index contributed by atoms with van der Waals surface area (Å²) >= 11 is 0. The number of rotatable bonds is 77. The standard InChI is InChI=1S/C117H174N4O8/c1-7-13-19-25-31-37-43-49-55-61-85-124-107-82-71-96(91-110(107)127-88-64-58-52-46-40-34-28-22-16-10-4)114-101-76-74-99(118-101)113(94-67-69-95(70-68-94)117(122)123)100-75-77-102(119-100)115(97-72-83-108(125-86-62-56-50-44-38-32-26-20-14-8-2)111(92-97)128-89-65-59-53-47-41-35-29-23-17-11-5)104-79-81-106(121-104)116(105-80-78-103(114)120-105)98-73-84-109(126-87-63-57-51-45-39-33-27-21-15-9-3)112(93-98)129-90-66-60-54-48-42-36-30-24-18-12-6/h67-84,91-93,118,121H,7-66,85-90H2,1-6H3,(H,122,123). The monoisotopic (exact) mass is 1760 g/mol. The number of aromatic amines is 2. The number of hydrogen-bond acceptors (Lipinski definition) is 9. The maximum atomic E-state index is 12.6. The summed E-state index contributed by atoms with van der Waals surface area (Å²) in [7, 11) is 0. The third-order valence-electron chi connectivity index (χ3n) is 26.4. The highest BCUT2D eigenvalue weighted by atomic mass is 16.5. The van der Waals surface area contributed by atoms with Crippen molar-refractivity contribution in [2.75, 3.05) is 39.6 Å². The van der Waals surface area contributed by atoms with Gasteiger partial charge in [-0.25, -0.2) is 14.8 Å². The van der Waals surface area contributed by atoms with E-state index < -0.39 is 5.97 Å². The highest BCUT2D eigenvalue weighted by Gasteiger charge is 2.24. The summed E-state index contributed by atoms with van der Waals surface area (Å²) in [5.74, 6) is 3.50. The van der Waals surface area contributed by atoms with Crippen molar-refractivity contribution in [1.82, 2.24) is 19.9 Å². The van der Waals surface area contributed by atoms with Gasteiger partial charge in [-0.3, -0.25) is 0 Å². The summed E-state index contributed by atoms with van der Waals surface area (Å²) in [5.41, 5.74) is 13.8. The number of nitrogens with zero attached hydrogens (tertiary/aromatic N) is 2. The molecule has 0 aliphatic carbocycles. The number of ether oxygens (including phenoxy) is 6. The first kappa shape index (κ1) is 104. The number of carbonyl (C=O) groups is 1. The molecule has 2 aliphatic rings. The average molecular weight is 1760 g/mol. The number of aromatic nitrogens is 4. The lowest BCUT2D eigenvalue weighted by atomic mass is 10.0. The van der Waals surface area contributed by atoms with Crippen LogP contribution in [0.2, 0.25) is 0 Å². The summed E-state index contributed by atoms with van der Waals surface area (Å²) in [6.07, 6.45) is 83.6. The van der Waals surface area contributed by atoms with Crippen LogP contribution >= 0.6 is 0 Å². The molecule has 0 fully saturated rings. The topological polar surface area (TPSA) is 150 Å². The fourth-order valence-corrected chi connectivity index (χ4v) is 18.5. The third-order valence-corrected chi connectivity index (χ3v) is 26.4. The van der Waals surface area contributed by atoms with Crippen LogP contribution < -0.4 is 28.4 Å². The van der Waals surface area contributed by atoms with Crippen molar-refractivity contribution in [2.24, 2.45) is 0 Å². The molecule has 4 aromatic carbocycles. The van der Waals surface area contributed by atoms with Gasteiger partial charge in [0.15, 0.2) is 34.5 Å². The molecule has 12 nitrogen and oxygen atoms in total. The van der Waals surface area contributed by atoms with Crippen molar-refractivity contribution in [3.05, 3.63) is 131 Å². The first-order valence-corrected chi connectivity index (χ1v) is 53.4. The minimum Gasteiger partial charge on any atom is -0.490 e. The minimum absolute atomic E-state index is 0.208. The van der Waals surface area contributed by atoms with E-state index in [2.05, 4.69) is 155 Å². The van der Waals surface area contributed by atoms with Crippen LogP contribution in [0.1, 0.15) is 460 Å². The van der Waals surface area contributed by atoms with Crippen LogP contribution in [0.5, 0.6) is 34.5 Å². The van der Waals surface area contributed by atoms with Crippen molar-refractivity contribution in [3.63, 3.8) is 0 Å². The van der Waals surface area contributed by atoms with E-state index >= 15 is 0 Å². The van der Waals surface area contributed by atoms with Gasteiger partial charge in [0.05, 0.1) is 68.0 Å². The number of H-pyrrole nitrogens is 2. The molecule has 3 aromatic heterocycles. The van der Waals surface area contributed by atoms with E-state index in [4.69, 9.17) is 38.4 Å². The van der Waals surface area contributed by atoms with Crippen molar-refractivity contribution < 1.29 is 38.3 Å². The summed E-state index contributed by atoms with van der Waals surface area (Å²) in [5, 5.41) is 10.3. The van der Waals surface area contributed by atoms with Gasteiger partial charge in [0.1, 0.15) is 0 Å². The molecule has 9 rings (SSSR count). The minimum atomic E-state index is -0.982. The molecule has 0 saturated heterocycles. The van der Waals surface area contributed by atoms with E-state index in [-0.39, 0.29) is 5.56 Å². The lowest BCUT2D eigenvalue weighted by Gasteiger charge is -2.16. The SMILES string of the molecule is CCCCCCCCCCCCOc1ccc(-c2c3nc(c(-c4ccc(OCCCCCCCCCCCC)c(OCCCCCCCCCCCC)c4)c4ccc([nH]4)c(-c4ccc(OCCCCCCCCCCCC)c(OCCCCCCCCCCCC)c4)c4nc(c(-c5ccc(C(=O)O)cc5)c5ccc2[nH]5)C=C4)C=C3)cc1OCCCCCCCCCCCC. The second kappa shape index (κ2) is 65.3. The van der Waals surface area contributed by atoms with Gasteiger partial charge in [-0.05, 0) is 158 Å². The van der Waals surface area contributed by atoms with E-state index in [0.717, 1.165) is 201 Å². The zero-order chi connectivity index (χ0) is 90.4. The Balaban J connectivity index is 1.19. The number of fused-ring (bicyclic) bond motifs is 8. The predicted molar refractivity (Wildman–Crippen MR) is 552 cm³/mol. The summed E-state index contributed by atoms with van der Waals surface area (Å²) in [6.45, 7) is 17.4. The number of nitrogens with one attached hydrogen (secondary N) is 2. The Kier molecular flexibility index (Phi) is 52.9. The summed E-state index contributed by atoms with van der Waals surface area (Å²) in [6, 6.07) is 35.5. The first-order chi connectivity index (χ1) is 63.7. The van der Waals surface area contributed by atoms with E-state index in [9.17, 15) is 9.90 Å². The fourth-order valence-electron chi connectivity index (χ4n) is 18.5. The van der Waals surface area contributed by atoms with E-state index in [0.29, 0.717) is 39.6 Å². The molecular formula is C117H174N4O8. The predicted octanol–water partition coefficient (Wildman–Crippen LogP) is 36.8. The van der Waals surface area contributed by atoms with Gasteiger partial charge in [-0.2, -0.15) is 0 Å². The number of unbranched alkanes of at least 4 members (excludes halogenated alkanes) is 54. The second-order valence-corrected chi connectivity index (χ2v) is 37.6. The van der Waals surface area contributed by atoms with Crippen molar-refractivity contribution in [1.29, 1.82) is 0 Å². The van der Waals surface area contributed by atoms with E-state index in [1.54, 1.807) is 12.1 Å². The van der Waals surface area contributed by atoms with Gasteiger partial charge in [0.2, 0.25) is 0 Å². The zero-order valence-electron chi connectivity index (χ0n) is 82.0. The average Bonchev–Trinajstić information content (AvgIpc) is 1.59. The Bertz CT molecular complexity index is 4330. The van der Waals surface area contributed by atoms with E-state index in [1.165, 1.54) is 308 Å². The largest absolute Gasteiger partial charge is 0.490 e. The maximum absolute atomic E-state index is 12.6. The second-order valence-electron chi connectivity index (χ2n) is 37.6. The molecule has 12 heteroatoms. The first-order valence-electron chi connectivity index (χ1n) is 53.4. The van der Waals surface area contributed by atoms with Crippen molar-refractivity contribution >= 4 is 52.3 Å². The summed E-state index contributed by atoms with van der Waals surface area (Å²) < 4.78 is 41.5. The molecule has 0 amide bonds. The molecule has 0 atom stereocenters. The molecule has 8 bridgehead atoms.